The number of aromatic nitrogens is 3. The van der Waals surface area contributed by atoms with Gasteiger partial charge in [0.1, 0.15) is 11.6 Å². The summed E-state index contributed by atoms with van der Waals surface area (Å²) in [6.07, 6.45) is 0. The van der Waals surface area contributed by atoms with Crippen LogP contribution in [0.3, 0.4) is 0 Å². The molecular weight excluding hydrogens is 284 g/mol. The maximum atomic E-state index is 13.8. The van der Waals surface area contributed by atoms with Crippen LogP contribution in [0.2, 0.25) is 0 Å². The van der Waals surface area contributed by atoms with Crippen LogP contribution >= 0.6 is 11.8 Å². The summed E-state index contributed by atoms with van der Waals surface area (Å²) in [7, 11) is 0. The minimum Gasteiger partial charge on any atom is -0.321 e. The van der Waals surface area contributed by atoms with E-state index in [-0.39, 0.29) is 11.6 Å². The number of hydrogen-bond acceptors (Lipinski definition) is 5. The van der Waals surface area contributed by atoms with Crippen molar-refractivity contribution in [1.82, 2.24) is 14.9 Å². The van der Waals surface area contributed by atoms with Gasteiger partial charge in [-0.25, -0.2) is 13.5 Å². The molecule has 2 aromatic rings. The van der Waals surface area contributed by atoms with Gasteiger partial charge in [0.25, 0.3) is 0 Å². The molecule has 0 unspecified atom stereocenters. The van der Waals surface area contributed by atoms with Crippen LogP contribution in [0.5, 0.6) is 0 Å². The Kier molecular flexibility index (Phi) is 3.19. The van der Waals surface area contributed by atoms with Gasteiger partial charge in [-0.05, 0) is 19.1 Å². The van der Waals surface area contributed by atoms with Crippen molar-refractivity contribution in [2.75, 3.05) is 5.43 Å². The molecule has 0 amide bonds. The number of fused-ring (bicyclic) bond motifs is 1. The van der Waals surface area contributed by atoms with Crippen molar-refractivity contribution < 1.29 is 8.78 Å². The van der Waals surface area contributed by atoms with E-state index in [1.807, 2.05) is 0 Å². The second kappa shape index (κ2) is 4.88. The molecule has 2 heterocycles. The number of thioether (sulfide) groups is 1. The lowest BCUT2D eigenvalue weighted by molar-refractivity contribution is 0.580. The predicted molar refractivity (Wildman–Crippen MR) is 72.2 cm³/mol. The van der Waals surface area contributed by atoms with Crippen molar-refractivity contribution >= 4 is 17.5 Å². The molecule has 1 aromatic carbocycles. The highest BCUT2D eigenvalue weighted by molar-refractivity contribution is 8.02. The molecule has 0 spiro atoms. The monoisotopic (exact) mass is 295 g/mol. The number of benzene rings is 1. The summed E-state index contributed by atoms with van der Waals surface area (Å²) in [6, 6.07) is 3.11. The Labute approximate surface area is 117 Å². The summed E-state index contributed by atoms with van der Waals surface area (Å²) < 4.78 is 28.4. The van der Waals surface area contributed by atoms with Crippen molar-refractivity contribution in [2.24, 2.45) is 5.73 Å². The Morgan fingerprint density at radius 2 is 2.15 bits per heavy atom. The van der Waals surface area contributed by atoms with Crippen molar-refractivity contribution in [3.05, 3.63) is 46.6 Å². The number of hydrogen-bond donors (Lipinski definition) is 2. The van der Waals surface area contributed by atoms with E-state index < -0.39 is 11.6 Å². The second-order valence-corrected chi connectivity index (χ2v) is 5.19. The Bertz CT molecular complexity index is 695. The van der Waals surface area contributed by atoms with E-state index in [4.69, 9.17) is 5.73 Å². The first kappa shape index (κ1) is 13.1. The lowest BCUT2D eigenvalue weighted by atomic mass is 10.1. The second-order valence-electron chi connectivity index (χ2n) is 4.35. The van der Waals surface area contributed by atoms with Crippen molar-refractivity contribution in [2.45, 2.75) is 18.1 Å². The zero-order valence-corrected chi connectivity index (χ0v) is 11.3. The van der Waals surface area contributed by atoms with E-state index in [0.717, 1.165) is 6.07 Å². The topological polar surface area (TPSA) is 68.8 Å². The summed E-state index contributed by atoms with van der Waals surface area (Å²) in [4.78, 5) is 0. The molecule has 0 aliphatic carbocycles. The largest absolute Gasteiger partial charge is 0.321 e. The molecule has 1 aliphatic heterocycles. The Morgan fingerprint density at radius 1 is 1.35 bits per heavy atom. The fraction of sp³-hybridized carbons (Fsp3) is 0.167. The van der Waals surface area contributed by atoms with E-state index in [1.54, 1.807) is 17.0 Å². The van der Waals surface area contributed by atoms with Gasteiger partial charge < -0.3 is 5.73 Å². The lowest BCUT2D eigenvalue weighted by Crippen LogP contribution is -2.23. The molecule has 0 fully saturated rings. The number of nitrogens with one attached hydrogen (secondary N) is 1. The van der Waals surface area contributed by atoms with Crippen LogP contribution in [0.15, 0.2) is 28.8 Å². The summed E-state index contributed by atoms with van der Waals surface area (Å²) in [6.45, 7) is 1.78. The first-order valence-corrected chi connectivity index (χ1v) is 6.74. The van der Waals surface area contributed by atoms with Gasteiger partial charge >= 0.3 is 0 Å². The number of halogens is 2. The van der Waals surface area contributed by atoms with Crippen LogP contribution in [0.1, 0.15) is 24.4 Å². The van der Waals surface area contributed by atoms with Gasteiger partial charge in [0.15, 0.2) is 5.82 Å². The molecule has 8 heteroatoms. The quantitative estimate of drug-likeness (QED) is 0.889. The normalized spacial score (nSPS) is 15.3. The molecule has 0 saturated heterocycles. The third kappa shape index (κ3) is 2.16. The highest BCUT2D eigenvalue weighted by Crippen LogP contribution is 2.30. The first-order valence-electron chi connectivity index (χ1n) is 5.86. The Morgan fingerprint density at radius 3 is 2.85 bits per heavy atom. The van der Waals surface area contributed by atoms with Gasteiger partial charge in [-0.1, -0.05) is 11.8 Å². The minimum absolute atomic E-state index is 0.272. The molecule has 20 heavy (non-hydrogen) atoms. The highest BCUT2D eigenvalue weighted by Gasteiger charge is 2.21. The third-order valence-electron chi connectivity index (χ3n) is 2.80. The fourth-order valence-corrected chi connectivity index (χ4v) is 2.58. The van der Waals surface area contributed by atoms with Gasteiger partial charge in [0.05, 0.1) is 11.7 Å². The van der Waals surface area contributed by atoms with Gasteiger partial charge in [-0.2, -0.15) is 0 Å². The molecule has 0 radical (unpaired) electrons. The number of rotatable bonds is 2. The molecule has 104 valence electrons. The summed E-state index contributed by atoms with van der Waals surface area (Å²) >= 11 is 1.29. The average molecular weight is 295 g/mol. The van der Waals surface area contributed by atoms with Crippen molar-refractivity contribution in [3.63, 3.8) is 0 Å². The third-order valence-corrected chi connectivity index (χ3v) is 3.63. The maximum absolute atomic E-state index is 13.8. The first-order chi connectivity index (χ1) is 9.56. The van der Waals surface area contributed by atoms with E-state index >= 15 is 0 Å². The van der Waals surface area contributed by atoms with E-state index in [1.165, 1.54) is 23.9 Å². The average Bonchev–Trinajstić information content (AvgIpc) is 2.81. The number of nitrogens with zero attached hydrogens (tertiary/aromatic N) is 3. The smallest absolute Gasteiger partial charge is 0.214 e. The maximum Gasteiger partial charge on any atom is 0.214 e. The van der Waals surface area contributed by atoms with Crippen LogP contribution < -0.4 is 11.2 Å². The zero-order chi connectivity index (χ0) is 14.3. The van der Waals surface area contributed by atoms with Crippen LogP contribution in [0.4, 0.5) is 8.78 Å². The summed E-state index contributed by atoms with van der Waals surface area (Å²) in [5.41, 5.74) is 9.57. The molecule has 0 saturated carbocycles. The van der Waals surface area contributed by atoms with E-state index in [0.29, 0.717) is 16.7 Å². The van der Waals surface area contributed by atoms with Crippen molar-refractivity contribution in [3.8, 4) is 0 Å². The van der Waals surface area contributed by atoms with Gasteiger partial charge in [0, 0.05) is 17.0 Å². The minimum atomic E-state index is -0.636. The van der Waals surface area contributed by atoms with Crippen LogP contribution in [-0.4, -0.2) is 14.9 Å². The SMILES string of the molecule is C[C@H](N)c1nnc2n1NC(c1ccc(F)cc1F)=CS2. The Balaban J connectivity index is 1.97. The van der Waals surface area contributed by atoms with Gasteiger partial charge in [0.2, 0.25) is 5.16 Å². The molecule has 0 bridgehead atoms. The fourth-order valence-electron chi connectivity index (χ4n) is 1.85. The summed E-state index contributed by atoms with van der Waals surface area (Å²) in [5, 5.41) is 10.3. The molecular formula is C12H11F2N5S. The van der Waals surface area contributed by atoms with E-state index in [9.17, 15) is 8.78 Å². The van der Waals surface area contributed by atoms with E-state index in [2.05, 4.69) is 15.6 Å². The Hall–Kier alpha value is -1.93. The lowest BCUT2D eigenvalue weighted by Gasteiger charge is -2.20. The molecule has 3 rings (SSSR count). The molecule has 1 aromatic heterocycles. The van der Waals surface area contributed by atoms with Crippen molar-refractivity contribution in [1.29, 1.82) is 0 Å². The molecule has 5 nitrogen and oxygen atoms in total. The molecule has 3 N–H and O–H groups in total. The molecule has 1 atom stereocenters. The van der Waals surface area contributed by atoms with Gasteiger partial charge in [-0.15, -0.1) is 10.2 Å². The predicted octanol–water partition coefficient (Wildman–Crippen LogP) is 2.22. The standard InChI is InChI=1S/C12H11F2N5S/c1-6(15)11-16-17-12-19(11)18-10(5-20-12)8-3-2-7(13)4-9(8)14/h2-6,18H,15H2,1H3/t6-/m0/s1. The molecule has 1 aliphatic rings. The summed E-state index contributed by atoms with van der Waals surface area (Å²) in [5.74, 6) is -0.708. The zero-order valence-electron chi connectivity index (χ0n) is 10.5. The van der Waals surface area contributed by atoms with Crippen LogP contribution in [-0.2, 0) is 0 Å². The highest BCUT2D eigenvalue weighted by atomic mass is 32.2. The van der Waals surface area contributed by atoms with Crippen LogP contribution in [0.25, 0.3) is 5.70 Å². The van der Waals surface area contributed by atoms with Crippen LogP contribution in [0, 0.1) is 11.6 Å². The number of nitrogens with two attached hydrogens (primary N) is 1. The van der Waals surface area contributed by atoms with Gasteiger partial charge in [-0.3, -0.25) is 5.43 Å².